The fourth-order valence-corrected chi connectivity index (χ4v) is 4.31. The van der Waals surface area contributed by atoms with Gasteiger partial charge in [-0.25, -0.2) is 0 Å². The van der Waals surface area contributed by atoms with Crippen LogP contribution < -0.4 is 10.1 Å². The Balaban J connectivity index is 1.49. The molecular weight excluding hydrogens is 360 g/mol. The van der Waals surface area contributed by atoms with Crippen LogP contribution in [0, 0.1) is 12.8 Å². The maximum atomic E-state index is 12.6. The van der Waals surface area contributed by atoms with Crippen molar-refractivity contribution < 1.29 is 9.53 Å². The third-order valence-electron chi connectivity index (χ3n) is 5.84. The van der Waals surface area contributed by atoms with Crippen LogP contribution in [0.15, 0.2) is 54.6 Å². The smallest absolute Gasteiger partial charge is 0.251 e. The van der Waals surface area contributed by atoms with E-state index in [9.17, 15) is 4.79 Å². The Morgan fingerprint density at radius 1 is 1.17 bits per heavy atom. The Morgan fingerprint density at radius 2 is 1.93 bits per heavy atom. The lowest BCUT2D eigenvalue weighted by molar-refractivity contribution is 0.0950. The second-order valence-electron chi connectivity index (χ2n) is 7.98. The van der Waals surface area contributed by atoms with E-state index in [1.165, 1.54) is 23.4 Å². The van der Waals surface area contributed by atoms with Gasteiger partial charge in [-0.3, -0.25) is 4.79 Å². The zero-order chi connectivity index (χ0) is 20.4. The van der Waals surface area contributed by atoms with E-state index in [-0.39, 0.29) is 5.91 Å². The molecule has 0 unspecified atom stereocenters. The van der Waals surface area contributed by atoms with Crippen LogP contribution in [0.2, 0.25) is 0 Å². The van der Waals surface area contributed by atoms with Crippen molar-refractivity contribution in [2.45, 2.75) is 39.7 Å². The molecule has 0 spiro atoms. The standard InChI is InChI=1S/C25H28N2O2/c1-17-8-13-23-21(14-17)15-18(2)27(23)22-11-9-19(10-12-22)25(28)26-16-20-6-4-5-7-24(20)29-3/h4-7,9-12,15,17H,8,13-14,16H2,1-3H3,(H,26,28)/t17-/m1/s1. The number of aryl methyl sites for hydroxylation is 1. The van der Waals surface area contributed by atoms with Crippen molar-refractivity contribution in [2.24, 2.45) is 5.92 Å². The lowest BCUT2D eigenvalue weighted by Crippen LogP contribution is -2.23. The van der Waals surface area contributed by atoms with Gasteiger partial charge in [-0.2, -0.15) is 0 Å². The van der Waals surface area contributed by atoms with Gasteiger partial charge in [0.2, 0.25) is 0 Å². The van der Waals surface area contributed by atoms with E-state index in [1.54, 1.807) is 7.11 Å². The highest BCUT2D eigenvalue weighted by molar-refractivity contribution is 5.94. The number of fused-ring (bicyclic) bond motifs is 1. The molecule has 1 amide bonds. The van der Waals surface area contributed by atoms with Crippen LogP contribution in [0.25, 0.3) is 5.69 Å². The first-order valence-corrected chi connectivity index (χ1v) is 10.3. The minimum absolute atomic E-state index is 0.0810. The van der Waals surface area contributed by atoms with Crippen LogP contribution in [0.5, 0.6) is 5.75 Å². The van der Waals surface area contributed by atoms with Gasteiger partial charge in [0, 0.05) is 34.7 Å². The van der Waals surface area contributed by atoms with Gasteiger partial charge in [-0.1, -0.05) is 25.1 Å². The highest BCUT2D eigenvalue weighted by Crippen LogP contribution is 2.30. The Morgan fingerprint density at radius 3 is 2.69 bits per heavy atom. The highest BCUT2D eigenvalue weighted by Gasteiger charge is 2.21. The maximum Gasteiger partial charge on any atom is 0.251 e. The number of aromatic nitrogens is 1. The minimum atomic E-state index is -0.0810. The number of carbonyl (C=O) groups is 1. The van der Waals surface area contributed by atoms with Crippen LogP contribution in [0.4, 0.5) is 0 Å². The SMILES string of the molecule is COc1ccccc1CNC(=O)c1ccc(-n2c(C)cc3c2CC[C@@H](C)C3)cc1. The molecule has 1 aliphatic carbocycles. The fourth-order valence-electron chi connectivity index (χ4n) is 4.31. The molecule has 1 aromatic heterocycles. The van der Waals surface area contributed by atoms with Gasteiger partial charge in [-0.15, -0.1) is 0 Å². The van der Waals surface area contributed by atoms with Crippen LogP contribution in [0.3, 0.4) is 0 Å². The van der Waals surface area contributed by atoms with Crippen molar-refractivity contribution in [3.63, 3.8) is 0 Å². The van der Waals surface area contributed by atoms with E-state index >= 15 is 0 Å². The number of carbonyl (C=O) groups excluding carboxylic acids is 1. The van der Waals surface area contributed by atoms with Crippen LogP contribution in [0.1, 0.15) is 46.2 Å². The topological polar surface area (TPSA) is 43.3 Å². The number of rotatable bonds is 5. The number of nitrogens with zero attached hydrogens (tertiary/aromatic N) is 1. The predicted octanol–water partition coefficient (Wildman–Crippen LogP) is 4.85. The summed E-state index contributed by atoms with van der Waals surface area (Å²) in [7, 11) is 1.64. The largest absolute Gasteiger partial charge is 0.496 e. The summed E-state index contributed by atoms with van der Waals surface area (Å²) >= 11 is 0. The summed E-state index contributed by atoms with van der Waals surface area (Å²) in [5.74, 6) is 1.46. The first-order valence-electron chi connectivity index (χ1n) is 10.3. The Hall–Kier alpha value is -3.01. The molecule has 29 heavy (non-hydrogen) atoms. The molecule has 0 saturated carbocycles. The molecule has 3 aromatic rings. The second-order valence-corrected chi connectivity index (χ2v) is 7.98. The molecule has 4 heteroatoms. The molecule has 4 rings (SSSR count). The number of hydrogen-bond acceptors (Lipinski definition) is 2. The molecule has 0 aliphatic heterocycles. The van der Waals surface area contributed by atoms with Crippen LogP contribution in [-0.4, -0.2) is 17.6 Å². The lowest BCUT2D eigenvalue weighted by Gasteiger charge is -2.21. The number of para-hydroxylation sites is 1. The number of benzene rings is 2. The van der Waals surface area contributed by atoms with Gasteiger partial charge in [0.05, 0.1) is 7.11 Å². The van der Waals surface area contributed by atoms with Gasteiger partial charge < -0.3 is 14.6 Å². The van der Waals surface area contributed by atoms with E-state index in [2.05, 4.69) is 29.8 Å². The summed E-state index contributed by atoms with van der Waals surface area (Å²) in [6.07, 6.45) is 3.51. The third kappa shape index (κ3) is 3.93. The summed E-state index contributed by atoms with van der Waals surface area (Å²) in [5, 5.41) is 2.98. The Kier molecular flexibility index (Phi) is 5.43. The molecule has 1 atom stereocenters. The number of amides is 1. The quantitative estimate of drug-likeness (QED) is 0.679. The Labute approximate surface area is 172 Å². The Bertz CT molecular complexity index is 1020. The summed E-state index contributed by atoms with van der Waals surface area (Å²) in [4.78, 5) is 12.6. The normalized spacial score (nSPS) is 15.6. The zero-order valence-electron chi connectivity index (χ0n) is 17.4. The second kappa shape index (κ2) is 8.16. The lowest BCUT2D eigenvalue weighted by atomic mass is 9.89. The molecule has 0 radical (unpaired) electrons. The molecule has 150 valence electrons. The first-order chi connectivity index (χ1) is 14.1. The minimum Gasteiger partial charge on any atom is -0.496 e. The van der Waals surface area contributed by atoms with Gasteiger partial charge in [0.25, 0.3) is 5.91 Å². The van der Waals surface area contributed by atoms with Crippen molar-refractivity contribution in [2.75, 3.05) is 7.11 Å². The first kappa shape index (κ1) is 19.3. The number of hydrogen-bond donors (Lipinski definition) is 1. The molecule has 1 N–H and O–H groups in total. The third-order valence-corrected chi connectivity index (χ3v) is 5.84. The van der Waals surface area contributed by atoms with E-state index in [0.717, 1.165) is 35.8 Å². The molecule has 1 aliphatic rings. The molecule has 1 heterocycles. The molecule has 4 nitrogen and oxygen atoms in total. The molecule has 0 fully saturated rings. The van der Waals surface area contributed by atoms with Crippen molar-refractivity contribution in [1.29, 1.82) is 0 Å². The van der Waals surface area contributed by atoms with Crippen LogP contribution >= 0.6 is 0 Å². The van der Waals surface area contributed by atoms with E-state index < -0.39 is 0 Å². The van der Waals surface area contributed by atoms with Crippen molar-refractivity contribution in [1.82, 2.24) is 9.88 Å². The number of nitrogens with one attached hydrogen (secondary N) is 1. The fraction of sp³-hybridized carbons (Fsp3) is 0.320. The number of methoxy groups -OCH3 is 1. The van der Waals surface area contributed by atoms with Gasteiger partial charge in [-0.05, 0) is 74.1 Å². The van der Waals surface area contributed by atoms with Gasteiger partial charge in [0.1, 0.15) is 5.75 Å². The zero-order valence-corrected chi connectivity index (χ0v) is 17.4. The molecule has 0 bridgehead atoms. The molecule has 2 aromatic carbocycles. The van der Waals surface area contributed by atoms with Crippen molar-refractivity contribution in [3.8, 4) is 11.4 Å². The summed E-state index contributed by atoms with van der Waals surface area (Å²) in [5.41, 5.74) is 6.91. The summed E-state index contributed by atoms with van der Waals surface area (Å²) in [6, 6.07) is 17.9. The summed E-state index contributed by atoms with van der Waals surface area (Å²) in [6.45, 7) is 4.93. The predicted molar refractivity (Wildman–Crippen MR) is 116 cm³/mol. The molecule has 0 saturated heterocycles. The van der Waals surface area contributed by atoms with Crippen molar-refractivity contribution in [3.05, 3.63) is 82.7 Å². The highest BCUT2D eigenvalue weighted by atomic mass is 16.5. The van der Waals surface area contributed by atoms with E-state index in [0.29, 0.717) is 12.1 Å². The van der Waals surface area contributed by atoms with Gasteiger partial charge >= 0.3 is 0 Å². The molecular formula is C25H28N2O2. The number of ether oxygens (including phenoxy) is 1. The maximum absolute atomic E-state index is 12.6. The van der Waals surface area contributed by atoms with E-state index in [4.69, 9.17) is 4.74 Å². The van der Waals surface area contributed by atoms with Crippen molar-refractivity contribution >= 4 is 5.91 Å². The average molecular weight is 389 g/mol. The van der Waals surface area contributed by atoms with Gasteiger partial charge in [0.15, 0.2) is 0 Å². The summed E-state index contributed by atoms with van der Waals surface area (Å²) < 4.78 is 7.69. The van der Waals surface area contributed by atoms with Crippen LogP contribution in [-0.2, 0) is 19.4 Å². The van der Waals surface area contributed by atoms with E-state index in [1.807, 2.05) is 48.5 Å². The monoisotopic (exact) mass is 388 g/mol. The average Bonchev–Trinajstić information content (AvgIpc) is 3.07.